The number of halogens is 3. The fourth-order valence-corrected chi connectivity index (χ4v) is 1.97. The third kappa shape index (κ3) is 1.71. The van der Waals surface area contributed by atoms with E-state index in [-0.39, 0.29) is 11.5 Å². The molecule has 0 saturated carbocycles. The molecule has 0 atom stereocenters. The average Bonchev–Trinajstić information content (AvgIpc) is 1.97. The lowest BCUT2D eigenvalue weighted by molar-refractivity contribution is 0.400. The first-order valence-corrected chi connectivity index (χ1v) is 4.97. The van der Waals surface area contributed by atoms with Crippen LogP contribution in [-0.4, -0.2) is 10.2 Å². The van der Waals surface area contributed by atoms with Crippen LogP contribution in [-0.2, 0) is 0 Å². The molecule has 0 heterocycles. The van der Waals surface area contributed by atoms with E-state index in [4.69, 9.17) is 10.2 Å². The van der Waals surface area contributed by atoms with Crippen LogP contribution in [0.5, 0.6) is 11.5 Å². The Labute approximate surface area is 88.6 Å². The number of rotatable bonds is 0. The van der Waals surface area contributed by atoms with Gasteiger partial charge in [0.2, 0.25) is 0 Å². The molecule has 5 heteroatoms. The molecule has 0 aromatic heterocycles. The van der Waals surface area contributed by atoms with E-state index < -0.39 is 0 Å². The summed E-state index contributed by atoms with van der Waals surface area (Å²) < 4.78 is 1.79. The molecule has 0 spiro atoms. The van der Waals surface area contributed by atoms with Crippen LogP contribution in [0, 0.1) is 0 Å². The second-order valence-corrected chi connectivity index (χ2v) is 4.29. The van der Waals surface area contributed by atoms with Crippen molar-refractivity contribution in [3.63, 3.8) is 0 Å². The van der Waals surface area contributed by atoms with E-state index in [9.17, 15) is 0 Å². The number of benzene rings is 1. The standard InChI is InChI=1S/C6H3Br3O2/c7-2-1-3(10)6(11)5(9)4(2)8/h1,10-11H. The van der Waals surface area contributed by atoms with Crippen LogP contribution in [0.3, 0.4) is 0 Å². The largest absolute Gasteiger partial charge is 0.504 e. The predicted octanol–water partition coefficient (Wildman–Crippen LogP) is 3.39. The number of aromatic hydroxyl groups is 2. The average molecular weight is 347 g/mol. The molecule has 0 amide bonds. The van der Waals surface area contributed by atoms with Crippen molar-refractivity contribution in [1.82, 2.24) is 0 Å². The molecule has 0 saturated heterocycles. The Morgan fingerprint density at radius 3 is 2.09 bits per heavy atom. The van der Waals surface area contributed by atoms with Gasteiger partial charge in [-0.15, -0.1) is 0 Å². The SMILES string of the molecule is Oc1cc(Br)c(Br)c(Br)c1O. The van der Waals surface area contributed by atoms with E-state index >= 15 is 0 Å². The summed E-state index contributed by atoms with van der Waals surface area (Å²) in [5, 5.41) is 18.2. The molecule has 1 aromatic carbocycles. The van der Waals surface area contributed by atoms with E-state index in [0.717, 1.165) is 0 Å². The van der Waals surface area contributed by atoms with Crippen LogP contribution in [0.2, 0.25) is 0 Å². The summed E-state index contributed by atoms with van der Waals surface area (Å²) in [5.74, 6) is -0.327. The Hall–Kier alpha value is 0.260. The van der Waals surface area contributed by atoms with Crippen LogP contribution in [0.1, 0.15) is 0 Å². The van der Waals surface area contributed by atoms with Gasteiger partial charge >= 0.3 is 0 Å². The molecular formula is C6H3Br3O2. The smallest absolute Gasteiger partial charge is 0.173 e. The fraction of sp³-hybridized carbons (Fsp3) is 0. The molecule has 60 valence electrons. The molecule has 0 bridgehead atoms. The van der Waals surface area contributed by atoms with Crippen LogP contribution in [0.15, 0.2) is 19.5 Å². The molecule has 11 heavy (non-hydrogen) atoms. The first-order chi connectivity index (χ1) is 5.04. The van der Waals surface area contributed by atoms with Gasteiger partial charge in [0.05, 0.1) is 4.47 Å². The van der Waals surface area contributed by atoms with Gasteiger partial charge in [-0.2, -0.15) is 0 Å². The molecule has 0 aliphatic heterocycles. The van der Waals surface area contributed by atoms with Gasteiger partial charge in [0.1, 0.15) is 0 Å². The highest BCUT2D eigenvalue weighted by Crippen LogP contribution is 2.42. The van der Waals surface area contributed by atoms with E-state index in [1.165, 1.54) is 6.07 Å². The maximum atomic E-state index is 9.16. The predicted molar refractivity (Wildman–Crippen MR) is 52.9 cm³/mol. The Morgan fingerprint density at radius 2 is 1.55 bits per heavy atom. The Morgan fingerprint density at radius 1 is 1.00 bits per heavy atom. The summed E-state index contributed by atoms with van der Waals surface area (Å²) in [4.78, 5) is 0. The van der Waals surface area contributed by atoms with Crippen molar-refractivity contribution in [2.45, 2.75) is 0 Å². The molecule has 1 aromatic rings. The number of hydrogen-bond donors (Lipinski definition) is 2. The minimum atomic E-state index is -0.167. The summed E-state index contributed by atoms with van der Waals surface area (Å²) in [6.07, 6.45) is 0. The lowest BCUT2D eigenvalue weighted by Gasteiger charge is -2.03. The summed E-state index contributed by atoms with van der Waals surface area (Å²) in [6, 6.07) is 1.41. The number of hydrogen-bond acceptors (Lipinski definition) is 2. The fourth-order valence-electron chi connectivity index (χ4n) is 0.573. The topological polar surface area (TPSA) is 40.5 Å². The Bertz CT molecular complexity index is 272. The maximum absolute atomic E-state index is 9.16. The van der Waals surface area contributed by atoms with Gasteiger partial charge in [-0.25, -0.2) is 0 Å². The molecule has 0 unspecified atom stereocenters. The highest BCUT2D eigenvalue weighted by molar-refractivity contribution is 9.14. The summed E-state index contributed by atoms with van der Waals surface area (Å²) in [6.45, 7) is 0. The van der Waals surface area contributed by atoms with Gasteiger partial charge in [0.15, 0.2) is 11.5 Å². The third-order valence-electron chi connectivity index (χ3n) is 1.12. The normalized spacial score (nSPS) is 10.1. The highest BCUT2D eigenvalue weighted by Gasteiger charge is 2.11. The van der Waals surface area contributed by atoms with Gasteiger partial charge in [-0.3, -0.25) is 0 Å². The van der Waals surface area contributed by atoms with Crippen LogP contribution in [0.25, 0.3) is 0 Å². The highest BCUT2D eigenvalue weighted by atomic mass is 79.9. The first kappa shape index (κ1) is 9.35. The molecule has 2 nitrogen and oxygen atoms in total. The Balaban J connectivity index is 3.46. The quantitative estimate of drug-likeness (QED) is 0.558. The van der Waals surface area contributed by atoms with E-state index in [1.54, 1.807) is 0 Å². The number of phenolic OH excluding ortho intramolecular Hbond substituents is 2. The Kier molecular flexibility index (Phi) is 2.83. The third-order valence-corrected chi connectivity index (χ3v) is 4.40. The van der Waals surface area contributed by atoms with Gasteiger partial charge < -0.3 is 10.2 Å². The molecule has 1 rings (SSSR count). The van der Waals surface area contributed by atoms with E-state index in [0.29, 0.717) is 13.4 Å². The second-order valence-electron chi connectivity index (χ2n) is 1.85. The monoisotopic (exact) mass is 344 g/mol. The van der Waals surface area contributed by atoms with Crippen molar-refractivity contribution in [2.24, 2.45) is 0 Å². The van der Waals surface area contributed by atoms with E-state index in [1.807, 2.05) is 0 Å². The van der Waals surface area contributed by atoms with E-state index in [2.05, 4.69) is 47.8 Å². The van der Waals surface area contributed by atoms with Crippen molar-refractivity contribution in [2.75, 3.05) is 0 Å². The minimum absolute atomic E-state index is 0.160. The van der Waals surface area contributed by atoms with Gasteiger partial charge in [-0.1, -0.05) is 0 Å². The maximum Gasteiger partial charge on any atom is 0.173 e. The zero-order valence-electron chi connectivity index (χ0n) is 5.11. The van der Waals surface area contributed by atoms with Crippen LogP contribution >= 0.6 is 47.8 Å². The summed E-state index contributed by atoms with van der Waals surface area (Å²) in [5.41, 5.74) is 0. The summed E-state index contributed by atoms with van der Waals surface area (Å²) >= 11 is 9.48. The zero-order chi connectivity index (χ0) is 8.59. The summed E-state index contributed by atoms with van der Waals surface area (Å²) in [7, 11) is 0. The molecule has 0 aliphatic rings. The van der Waals surface area contributed by atoms with Crippen LogP contribution in [0.4, 0.5) is 0 Å². The molecular weight excluding hydrogens is 344 g/mol. The lowest BCUT2D eigenvalue weighted by Crippen LogP contribution is -1.75. The minimum Gasteiger partial charge on any atom is -0.504 e. The number of phenols is 2. The zero-order valence-corrected chi connectivity index (χ0v) is 9.86. The van der Waals surface area contributed by atoms with Crippen molar-refractivity contribution in [3.8, 4) is 11.5 Å². The second kappa shape index (κ2) is 3.33. The molecule has 2 N–H and O–H groups in total. The molecule has 0 fully saturated rings. The lowest BCUT2D eigenvalue weighted by atomic mass is 10.3. The molecule has 0 radical (unpaired) electrons. The van der Waals surface area contributed by atoms with Crippen molar-refractivity contribution < 1.29 is 10.2 Å². The van der Waals surface area contributed by atoms with Gasteiger partial charge in [-0.05, 0) is 53.9 Å². The first-order valence-electron chi connectivity index (χ1n) is 2.59. The van der Waals surface area contributed by atoms with Gasteiger partial charge in [0, 0.05) is 8.95 Å². The van der Waals surface area contributed by atoms with Crippen molar-refractivity contribution in [1.29, 1.82) is 0 Å². The van der Waals surface area contributed by atoms with Crippen molar-refractivity contribution >= 4 is 47.8 Å². The van der Waals surface area contributed by atoms with Crippen LogP contribution < -0.4 is 0 Å². The van der Waals surface area contributed by atoms with Gasteiger partial charge in [0.25, 0.3) is 0 Å². The molecule has 0 aliphatic carbocycles. The van der Waals surface area contributed by atoms with Crippen molar-refractivity contribution in [3.05, 3.63) is 19.5 Å².